The van der Waals surface area contributed by atoms with Crippen LogP contribution in [0.25, 0.3) is 22.2 Å². The molecule has 7 rings (SSSR count). The van der Waals surface area contributed by atoms with Crippen LogP contribution in [0.5, 0.6) is 0 Å². The van der Waals surface area contributed by atoms with Gasteiger partial charge in [-0.1, -0.05) is 79.2 Å². The van der Waals surface area contributed by atoms with Gasteiger partial charge in [-0.2, -0.15) is 0 Å². The highest BCUT2D eigenvalue weighted by Crippen LogP contribution is 2.51. The molecule has 0 radical (unpaired) electrons. The molecule has 1 fully saturated rings. The molecule has 5 aromatic rings. The van der Waals surface area contributed by atoms with Gasteiger partial charge in [0, 0.05) is 38.8 Å². The summed E-state index contributed by atoms with van der Waals surface area (Å²) >= 11 is 0. The Morgan fingerprint density at radius 2 is 1.46 bits per heavy atom. The summed E-state index contributed by atoms with van der Waals surface area (Å²) in [5, 5.41) is 3.24. The average Bonchev–Trinajstić information content (AvgIpc) is 3.56. The van der Waals surface area contributed by atoms with Crippen molar-refractivity contribution in [2.75, 3.05) is 24.5 Å². The highest BCUT2D eigenvalue weighted by atomic mass is 19.1. The number of benzene rings is 4. The SMILES string of the molecule is C[C@@H]1CN(c2nc3ccccc3n2C)C[C@H](C)N1CCCCC1(C(=O)NCc2ccc(F)cc2)c2ccccc2-c2ccccc21. The molecule has 1 amide bonds. The molecule has 1 aliphatic carbocycles. The Morgan fingerprint density at radius 3 is 2.11 bits per heavy atom. The molecule has 236 valence electrons. The number of unbranched alkanes of at least 4 members (excludes halogenated alkanes) is 1. The van der Waals surface area contributed by atoms with E-state index in [0.717, 1.165) is 83.7 Å². The van der Waals surface area contributed by atoms with Crippen LogP contribution < -0.4 is 10.2 Å². The Kier molecular flexibility index (Phi) is 8.11. The first-order valence-corrected chi connectivity index (χ1v) is 16.5. The molecule has 1 saturated heterocycles. The van der Waals surface area contributed by atoms with E-state index in [-0.39, 0.29) is 11.7 Å². The molecule has 7 heteroatoms. The number of hydrogen-bond acceptors (Lipinski definition) is 4. The van der Waals surface area contributed by atoms with E-state index in [2.05, 4.69) is 95.2 Å². The van der Waals surface area contributed by atoms with Crippen molar-refractivity contribution in [1.82, 2.24) is 19.8 Å². The first-order valence-electron chi connectivity index (χ1n) is 16.5. The lowest BCUT2D eigenvalue weighted by atomic mass is 9.73. The number of nitrogens with one attached hydrogen (secondary N) is 1. The zero-order chi connectivity index (χ0) is 31.8. The third kappa shape index (κ3) is 5.26. The van der Waals surface area contributed by atoms with Crippen molar-refractivity contribution in [3.63, 3.8) is 0 Å². The molecule has 1 aromatic heterocycles. The van der Waals surface area contributed by atoms with Gasteiger partial charge in [0.05, 0.1) is 11.0 Å². The van der Waals surface area contributed by atoms with E-state index in [1.54, 1.807) is 12.1 Å². The predicted molar refractivity (Wildman–Crippen MR) is 183 cm³/mol. The number of halogens is 1. The van der Waals surface area contributed by atoms with Gasteiger partial charge in [0.1, 0.15) is 11.2 Å². The van der Waals surface area contributed by atoms with E-state index in [4.69, 9.17) is 4.98 Å². The fourth-order valence-corrected chi connectivity index (χ4v) is 7.95. The van der Waals surface area contributed by atoms with Crippen molar-refractivity contribution in [3.05, 3.63) is 120 Å². The van der Waals surface area contributed by atoms with Crippen LogP contribution in [0.15, 0.2) is 97.1 Å². The van der Waals surface area contributed by atoms with Crippen molar-refractivity contribution < 1.29 is 9.18 Å². The molecule has 6 nitrogen and oxygen atoms in total. The molecule has 46 heavy (non-hydrogen) atoms. The number of carbonyl (C=O) groups is 1. The molecule has 4 aromatic carbocycles. The van der Waals surface area contributed by atoms with Crippen molar-refractivity contribution in [3.8, 4) is 11.1 Å². The summed E-state index contributed by atoms with van der Waals surface area (Å²) in [6.07, 6.45) is 2.63. The minimum Gasteiger partial charge on any atom is -0.351 e. The maximum atomic E-state index is 14.4. The van der Waals surface area contributed by atoms with Crippen molar-refractivity contribution >= 4 is 22.9 Å². The molecule has 0 spiro atoms. The Bertz CT molecular complexity index is 1810. The van der Waals surface area contributed by atoms with Crippen molar-refractivity contribution in [2.24, 2.45) is 7.05 Å². The van der Waals surface area contributed by atoms with Gasteiger partial charge < -0.3 is 14.8 Å². The Balaban J connectivity index is 1.07. The summed E-state index contributed by atoms with van der Waals surface area (Å²) in [6.45, 7) is 7.83. The normalized spacial score (nSPS) is 18.8. The molecule has 2 heterocycles. The molecule has 1 aliphatic heterocycles. The largest absolute Gasteiger partial charge is 0.351 e. The Morgan fingerprint density at radius 1 is 0.848 bits per heavy atom. The fourth-order valence-electron chi connectivity index (χ4n) is 7.95. The molecule has 0 bridgehead atoms. The fraction of sp³-hybridized carbons (Fsp3) is 0.333. The molecule has 1 N–H and O–H groups in total. The lowest BCUT2D eigenvalue weighted by Gasteiger charge is -2.45. The molecular formula is C39H42FN5O. The highest BCUT2D eigenvalue weighted by molar-refractivity contribution is 6.00. The van der Waals surface area contributed by atoms with Crippen LogP contribution in [0.4, 0.5) is 10.3 Å². The number of aromatic nitrogens is 2. The Labute approximate surface area is 270 Å². The molecule has 0 unspecified atom stereocenters. The van der Waals surface area contributed by atoms with Gasteiger partial charge in [-0.15, -0.1) is 0 Å². The number of para-hydroxylation sites is 2. The summed E-state index contributed by atoms with van der Waals surface area (Å²) in [5.74, 6) is 0.763. The van der Waals surface area contributed by atoms with Gasteiger partial charge in [0.2, 0.25) is 11.9 Å². The van der Waals surface area contributed by atoms with Gasteiger partial charge in [-0.3, -0.25) is 9.69 Å². The van der Waals surface area contributed by atoms with Crippen LogP contribution in [-0.2, 0) is 23.8 Å². The number of aryl methyl sites for hydroxylation is 1. The molecule has 2 aliphatic rings. The van der Waals surface area contributed by atoms with Gasteiger partial charge in [0.25, 0.3) is 0 Å². The summed E-state index contributed by atoms with van der Waals surface area (Å²) < 4.78 is 15.7. The van der Waals surface area contributed by atoms with E-state index in [1.165, 1.54) is 12.1 Å². The number of anilines is 1. The average molecular weight is 616 g/mol. The second kappa shape index (κ2) is 12.4. The molecule has 0 saturated carbocycles. The number of amides is 1. The number of fused-ring (bicyclic) bond motifs is 4. The number of hydrogen-bond donors (Lipinski definition) is 1. The summed E-state index contributed by atoms with van der Waals surface area (Å²) in [6, 6.07) is 32.1. The van der Waals surface area contributed by atoms with Gasteiger partial charge in [-0.25, -0.2) is 9.37 Å². The smallest absolute Gasteiger partial charge is 0.235 e. The monoisotopic (exact) mass is 615 g/mol. The Hall–Kier alpha value is -4.49. The number of nitrogens with zero attached hydrogens (tertiary/aromatic N) is 4. The minimum atomic E-state index is -0.774. The summed E-state index contributed by atoms with van der Waals surface area (Å²) in [7, 11) is 2.11. The zero-order valence-corrected chi connectivity index (χ0v) is 26.9. The minimum absolute atomic E-state index is 0.00651. The number of carbonyl (C=O) groups excluding carboxylic acids is 1. The topological polar surface area (TPSA) is 53.4 Å². The van der Waals surface area contributed by atoms with Gasteiger partial charge in [0.15, 0.2) is 0 Å². The van der Waals surface area contributed by atoms with Crippen LogP contribution in [-0.4, -0.2) is 52.1 Å². The maximum Gasteiger partial charge on any atom is 0.235 e. The number of imidazole rings is 1. The number of piperazine rings is 1. The van der Waals surface area contributed by atoms with Crippen LogP contribution >= 0.6 is 0 Å². The third-order valence-electron chi connectivity index (χ3n) is 10.2. The van der Waals surface area contributed by atoms with Crippen LogP contribution in [0.2, 0.25) is 0 Å². The lowest BCUT2D eigenvalue weighted by molar-refractivity contribution is -0.125. The van der Waals surface area contributed by atoms with Crippen LogP contribution in [0, 0.1) is 5.82 Å². The third-order valence-corrected chi connectivity index (χ3v) is 10.2. The van der Waals surface area contributed by atoms with E-state index >= 15 is 0 Å². The first kappa shape index (κ1) is 30.2. The number of rotatable bonds is 9. The summed E-state index contributed by atoms with van der Waals surface area (Å²) in [4.78, 5) is 24.4. The van der Waals surface area contributed by atoms with Crippen LogP contribution in [0.1, 0.15) is 49.8 Å². The van der Waals surface area contributed by atoms with Gasteiger partial charge in [-0.05, 0) is 85.3 Å². The predicted octanol–water partition coefficient (Wildman–Crippen LogP) is 7.06. The van der Waals surface area contributed by atoms with Crippen LogP contribution in [0.3, 0.4) is 0 Å². The molecule has 2 atom stereocenters. The van der Waals surface area contributed by atoms with E-state index < -0.39 is 5.41 Å². The zero-order valence-electron chi connectivity index (χ0n) is 26.9. The quantitative estimate of drug-likeness (QED) is 0.180. The highest BCUT2D eigenvalue weighted by Gasteiger charge is 2.48. The second-order valence-corrected chi connectivity index (χ2v) is 13.1. The molecular weight excluding hydrogens is 573 g/mol. The maximum absolute atomic E-state index is 14.4. The standard InChI is InChI=1S/C39H42FN5O/c1-27-25-44(38-42-35-16-8-9-17-36(35)43(38)3)26-28(2)45(27)23-11-10-22-39(37(46)41-24-29-18-20-30(40)21-19-29)33-14-6-4-12-31(33)32-13-5-7-15-34(32)39/h4-9,12-21,27-28H,10-11,22-26H2,1-3H3,(H,41,46)/t27-,28+. The van der Waals surface area contributed by atoms with E-state index in [9.17, 15) is 9.18 Å². The van der Waals surface area contributed by atoms with Crippen molar-refractivity contribution in [2.45, 2.75) is 57.2 Å². The second-order valence-electron chi connectivity index (χ2n) is 13.1. The summed E-state index contributed by atoms with van der Waals surface area (Å²) in [5.41, 5.74) is 6.72. The lowest BCUT2D eigenvalue weighted by Crippen LogP contribution is -2.57. The van der Waals surface area contributed by atoms with Gasteiger partial charge >= 0.3 is 0 Å². The van der Waals surface area contributed by atoms with Crippen molar-refractivity contribution in [1.29, 1.82) is 0 Å². The van der Waals surface area contributed by atoms with E-state index in [0.29, 0.717) is 18.6 Å². The van der Waals surface area contributed by atoms with E-state index in [1.807, 2.05) is 18.2 Å². The first-order chi connectivity index (χ1) is 22.4.